The molecule has 0 aliphatic rings. The lowest BCUT2D eigenvalue weighted by molar-refractivity contribution is 0.390. The van der Waals surface area contributed by atoms with E-state index in [1.165, 1.54) is 7.11 Å². The van der Waals surface area contributed by atoms with Crippen LogP contribution in [0.1, 0.15) is 5.56 Å². The first-order valence-electron chi connectivity index (χ1n) is 4.58. The predicted octanol–water partition coefficient (Wildman–Crippen LogP) is 1.38. The van der Waals surface area contributed by atoms with Crippen molar-refractivity contribution in [3.8, 4) is 11.5 Å². The van der Waals surface area contributed by atoms with Gasteiger partial charge in [0.05, 0.1) is 26.2 Å². The second kappa shape index (κ2) is 4.61. The normalized spacial score (nSPS) is 11.0. The standard InChI is InChI=1S/C10H15NO4S/c1-7-9(14-2)6-5-8(10(7)15-3)11-16(4,12)13/h5-6,11H,1-4H3. The average molecular weight is 245 g/mol. The predicted molar refractivity (Wildman–Crippen MR) is 62.7 cm³/mol. The summed E-state index contributed by atoms with van der Waals surface area (Å²) in [4.78, 5) is 0. The molecular formula is C10H15NO4S. The van der Waals surface area contributed by atoms with E-state index in [-0.39, 0.29) is 0 Å². The summed E-state index contributed by atoms with van der Waals surface area (Å²) in [6, 6.07) is 3.29. The summed E-state index contributed by atoms with van der Waals surface area (Å²) >= 11 is 0. The van der Waals surface area contributed by atoms with E-state index in [4.69, 9.17) is 9.47 Å². The number of hydrogen-bond donors (Lipinski definition) is 1. The summed E-state index contributed by atoms with van der Waals surface area (Å²) in [7, 11) is -0.288. The Morgan fingerprint density at radius 3 is 2.25 bits per heavy atom. The molecule has 0 aromatic heterocycles. The van der Waals surface area contributed by atoms with Crippen molar-refractivity contribution in [3.05, 3.63) is 17.7 Å². The molecule has 0 amide bonds. The van der Waals surface area contributed by atoms with Crippen LogP contribution < -0.4 is 14.2 Å². The maximum atomic E-state index is 11.1. The molecule has 0 spiro atoms. The van der Waals surface area contributed by atoms with Gasteiger partial charge < -0.3 is 9.47 Å². The summed E-state index contributed by atoms with van der Waals surface area (Å²) in [5.41, 5.74) is 1.15. The lowest BCUT2D eigenvalue weighted by Gasteiger charge is -2.14. The van der Waals surface area contributed by atoms with Gasteiger partial charge in [0, 0.05) is 5.56 Å². The highest BCUT2D eigenvalue weighted by Crippen LogP contribution is 2.35. The molecule has 0 aliphatic heterocycles. The fraction of sp³-hybridized carbons (Fsp3) is 0.400. The van der Waals surface area contributed by atoms with E-state index in [1.54, 1.807) is 26.2 Å². The topological polar surface area (TPSA) is 64.6 Å². The van der Waals surface area contributed by atoms with Gasteiger partial charge in [-0.3, -0.25) is 4.72 Å². The zero-order valence-corrected chi connectivity index (χ0v) is 10.5. The molecule has 5 nitrogen and oxygen atoms in total. The van der Waals surface area contributed by atoms with Gasteiger partial charge in [0.1, 0.15) is 11.5 Å². The Bertz CT molecular complexity index is 482. The molecule has 1 aromatic carbocycles. The fourth-order valence-electron chi connectivity index (χ4n) is 1.44. The second-order valence-corrected chi connectivity index (χ2v) is 5.10. The van der Waals surface area contributed by atoms with Crippen LogP contribution >= 0.6 is 0 Å². The zero-order valence-electron chi connectivity index (χ0n) is 9.70. The van der Waals surface area contributed by atoms with Gasteiger partial charge >= 0.3 is 0 Å². The minimum absolute atomic E-state index is 0.406. The van der Waals surface area contributed by atoms with E-state index >= 15 is 0 Å². The second-order valence-electron chi connectivity index (χ2n) is 3.35. The lowest BCUT2D eigenvalue weighted by Crippen LogP contribution is -2.11. The van der Waals surface area contributed by atoms with Gasteiger partial charge in [-0.15, -0.1) is 0 Å². The van der Waals surface area contributed by atoms with Crippen molar-refractivity contribution in [3.63, 3.8) is 0 Å². The maximum absolute atomic E-state index is 11.1. The lowest BCUT2D eigenvalue weighted by atomic mass is 10.2. The summed E-state index contributed by atoms with van der Waals surface area (Å²) in [6.45, 7) is 1.80. The number of nitrogens with one attached hydrogen (secondary N) is 1. The molecule has 0 bridgehead atoms. The van der Waals surface area contributed by atoms with Crippen LogP contribution in [0.15, 0.2) is 12.1 Å². The molecule has 0 atom stereocenters. The third-order valence-electron chi connectivity index (χ3n) is 2.08. The molecule has 0 unspecified atom stereocenters. The molecule has 0 radical (unpaired) electrons. The summed E-state index contributed by atoms with van der Waals surface area (Å²) < 4.78 is 34.9. The highest BCUT2D eigenvalue weighted by atomic mass is 32.2. The van der Waals surface area contributed by atoms with E-state index in [0.29, 0.717) is 17.2 Å². The molecule has 0 saturated carbocycles. The van der Waals surface area contributed by atoms with Crippen LogP contribution in [0.4, 0.5) is 5.69 Å². The largest absolute Gasteiger partial charge is 0.496 e. The van der Waals surface area contributed by atoms with Crippen LogP contribution in [0, 0.1) is 6.92 Å². The molecular weight excluding hydrogens is 230 g/mol. The minimum atomic E-state index is -3.32. The van der Waals surface area contributed by atoms with Gasteiger partial charge in [0.25, 0.3) is 0 Å². The Hall–Kier alpha value is -1.43. The van der Waals surface area contributed by atoms with Gasteiger partial charge in [-0.05, 0) is 19.1 Å². The van der Waals surface area contributed by atoms with E-state index < -0.39 is 10.0 Å². The van der Waals surface area contributed by atoms with Crippen LogP contribution in [-0.4, -0.2) is 28.9 Å². The van der Waals surface area contributed by atoms with Crippen LogP contribution in [0.5, 0.6) is 11.5 Å². The zero-order chi connectivity index (χ0) is 12.3. The Morgan fingerprint density at radius 1 is 1.19 bits per heavy atom. The first-order valence-corrected chi connectivity index (χ1v) is 6.47. The van der Waals surface area contributed by atoms with E-state index in [1.807, 2.05) is 0 Å². The first kappa shape index (κ1) is 12.6. The molecule has 6 heteroatoms. The Kier molecular flexibility index (Phi) is 3.64. The fourth-order valence-corrected chi connectivity index (χ4v) is 2.00. The molecule has 1 aromatic rings. The van der Waals surface area contributed by atoms with Gasteiger partial charge in [-0.2, -0.15) is 0 Å². The Balaban J connectivity index is 3.26. The van der Waals surface area contributed by atoms with E-state index in [9.17, 15) is 8.42 Å². The smallest absolute Gasteiger partial charge is 0.229 e. The van der Waals surface area contributed by atoms with Crippen molar-refractivity contribution in [2.75, 3.05) is 25.2 Å². The van der Waals surface area contributed by atoms with Gasteiger partial charge in [0.2, 0.25) is 10.0 Å². The quantitative estimate of drug-likeness (QED) is 0.870. The number of rotatable bonds is 4. The van der Waals surface area contributed by atoms with Crippen molar-refractivity contribution in [2.24, 2.45) is 0 Å². The highest BCUT2D eigenvalue weighted by Gasteiger charge is 2.13. The molecule has 90 valence electrons. The van der Waals surface area contributed by atoms with Crippen LogP contribution in [0.3, 0.4) is 0 Å². The molecule has 1 rings (SSSR count). The van der Waals surface area contributed by atoms with E-state index in [0.717, 1.165) is 11.8 Å². The van der Waals surface area contributed by atoms with Crippen molar-refractivity contribution in [1.29, 1.82) is 0 Å². The summed E-state index contributed by atoms with van der Waals surface area (Å²) in [5, 5.41) is 0. The van der Waals surface area contributed by atoms with Crippen molar-refractivity contribution >= 4 is 15.7 Å². The SMILES string of the molecule is COc1ccc(NS(C)(=O)=O)c(OC)c1C. The van der Waals surface area contributed by atoms with Gasteiger partial charge in [-0.1, -0.05) is 0 Å². The number of sulfonamides is 1. The molecule has 0 fully saturated rings. The first-order chi connectivity index (χ1) is 7.39. The maximum Gasteiger partial charge on any atom is 0.229 e. The number of anilines is 1. The third-order valence-corrected chi connectivity index (χ3v) is 2.67. The van der Waals surface area contributed by atoms with Gasteiger partial charge in [0.15, 0.2) is 0 Å². The van der Waals surface area contributed by atoms with Crippen molar-refractivity contribution < 1.29 is 17.9 Å². The summed E-state index contributed by atoms with van der Waals surface area (Å²) in [6.07, 6.45) is 1.09. The molecule has 0 heterocycles. The highest BCUT2D eigenvalue weighted by molar-refractivity contribution is 7.92. The van der Waals surface area contributed by atoms with Crippen LogP contribution in [0.2, 0.25) is 0 Å². The van der Waals surface area contributed by atoms with E-state index in [2.05, 4.69) is 4.72 Å². The number of methoxy groups -OCH3 is 2. The van der Waals surface area contributed by atoms with Crippen LogP contribution in [-0.2, 0) is 10.0 Å². The average Bonchev–Trinajstić information content (AvgIpc) is 2.16. The molecule has 16 heavy (non-hydrogen) atoms. The molecule has 1 N–H and O–H groups in total. The summed E-state index contributed by atoms with van der Waals surface area (Å²) in [5.74, 6) is 1.11. The minimum Gasteiger partial charge on any atom is -0.496 e. The van der Waals surface area contributed by atoms with Gasteiger partial charge in [-0.25, -0.2) is 8.42 Å². The molecule has 0 saturated heterocycles. The van der Waals surface area contributed by atoms with Crippen molar-refractivity contribution in [2.45, 2.75) is 6.92 Å². The molecule has 0 aliphatic carbocycles. The monoisotopic (exact) mass is 245 g/mol. The number of benzene rings is 1. The number of ether oxygens (including phenoxy) is 2. The number of hydrogen-bond acceptors (Lipinski definition) is 4. The Labute approximate surface area is 95.4 Å². The van der Waals surface area contributed by atoms with Crippen molar-refractivity contribution in [1.82, 2.24) is 0 Å². The third kappa shape index (κ3) is 2.79. The van der Waals surface area contributed by atoms with Crippen LogP contribution in [0.25, 0.3) is 0 Å². The Morgan fingerprint density at radius 2 is 1.81 bits per heavy atom.